The van der Waals surface area contributed by atoms with Gasteiger partial charge in [-0.05, 0) is 45.4 Å². The van der Waals surface area contributed by atoms with Gasteiger partial charge in [0.05, 0.1) is 0 Å². The number of nitrogens with zero attached hydrogens (tertiary/aromatic N) is 1. The van der Waals surface area contributed by atoms with Crippen LogP contribution in [0.2, 0.25) is 0 Å². The minimum Gasteiger partial charge on any atom is -0.480 e. The summed E-state index contributed by atoms with van der Waals surface area (Å²) in [5.74, 6) is -1.14. The Balaban J connectivity index is 1.24. The van der Waals surface area contributed by atoms with Gasteiger partial charge in [-0.3, -0.25) is 9.69 Å². The lowest BCUT2D eigenvalue weighted by Gasteiger charge is -2.22. The minimum absolute atomic E-state index is 0.0708. The van der Waals surface area contributed by atoms with Crippen molar-refractivity contribution in [3.05, 3.63) is 120 Å². The maximum atomic E-state index is 13.0. The van der Waals surface area contributed by atoms with E-state index in [1.54, 1.807) is 0 Å². The number of fused-ring (bicyclic) bond motifs is 3. The fourth-order valence-electron chi connectivity index (χ4n) is 4.84. The Morgan fingerprint density at radius 2 is 1.28 bits per heavy atom. The largest absolute Gasteiger partial charge is 0.480 e. The van der Waals surface area contributed by atoms with Crippen LogP contribution in [0, 0.1) is 0 Å². The molecule has 0 aliphatic heterocycles. The van der Waals surface area contributed by atoms with E-state index in [4.69, 9.17) is 4.74 Å². The topological polar surface area (TPSA) is 66.8 Å². The quantitative estimate of drug-likeness (QED) is 0.327. The number of rotatable bonds is 8. The molecule has 0 heterocycles. The molecule has 0 radical (unpaired) electrons. The Labute approximate surface area is 210 Å². The zero-order valence-electron chi connectivity index (χ0n) is 19.8. The summed E-state index contributed by atoms with van der Waals surface area (Å²) in [5, 5.41) is 9.38. The van der Waals surface area contributed by atoms with E-state index >= 15 is 0 Å². The van der Waals surface area contributed by atoms with E-state index in [9.17, 15) is 14.7 Å². The van der Waals surface area contributed by atoms with E-state index in [2.05, 4.69) is 36.4 Å². The molecule has 5 rings (SSSR count). The molecule has 0 saturated heterocycles. The molecule has 36 heavy (non-hydrogen) atoms. The molecule has 1 aliphatic rings. The summed E-state index contributed by atoms with van der Waals surface area (Å²) >= 11 is 0. The fraction of sp³-hybridized carbons (Fsp3) is 0.161. The molecule has 0 fully saturated rings. The molecule has 180 valence electrons. The van der Waals surface area contributed by atoms with Gasteiger partial charge in [-0.1, -0.05) is 103 Å². The molecule has 0 spiro atoms. The van der Waals surface area contributed by atoms with Crippen LogP contribution in [-0.4, -0.2) is 41.8 Å². The van der Waals surface area contributed by atoms with Crippen LogP contribution in [0.1, 0.15) is 22.6 Å². The predicted molar refractivity (Wildman–Crippen MR) is 140 cm³/mol. The molecule has 4 aromatic carbocycles. The van der Waals surface area contributed by atoms with Gasteiger partial charge in [0, 0.05) is 12.5 Å². The van der Waals surface area contributed by atoms with Crippen molar-refractivity contribution in [1.29, 1.82) is 0 Å². The summed E-state index contributed by atoms with van der Waals surface area (Å²) in [6.07, 6.45) is -0.0767. The smallest absolute Gasteiger partial charge is 0.410 e. The maximum absolute atomic E-state index is 13.0. The summed E-state index contributed by atoms with van der Waals surface area (Å²) in [4.78, 5) is 25.7. The lowest BCUT2D eigenvalue weighted by Crippen LogP contribution is -2.38. The summed E-state index contributed by atoms with van der Waals surface area (Å²) in [6, 6.07) is 34.5. The van der Waals surface area contributed by atoms with Crippen LogP contribution in [-0.2, 0) is 16.0 Å². The second-order valence-electron chi connectivity index (χ2n) is 8.93. The van der Waals surface area contributed by atoms with E-state index in [1.807, 2.05) is 66.7 Å². The van der Waals surface area contributed by atoms with Gasteiger partial charge in [-0.25, -0.2) is 4.79 Å². The molecule has 1 N–H and O–H groups in total. The minimum atomic E-state index is -1.07. The maximum Gasteiger partial charge on any atom is 0.410 e. The van der Waals surface area contributed by atoms with Gasteiger partial charge >= 0.3 is 12.1 Å². The number of benzene rings is 4. The number of carbonyl (C=O) groups excluding carboxylic acids is 1. The first-order valence-corrected chi connectivity index (χ1v) is 12.1. The van der Waals surface area contributed by atoms with Gasteiger partial charge in [0.15, 0.2) is 0 Å². The third-order valence-electron chi connectivity index (χ3n) is 6.65. The third kappa shape index (κ3) is 5.01. The van der Waals surface area contributed by atoms with E-state index in [0.29, 0.717) is 6.42 Å². The van der Waals surface area contributed by atoms with Crippen molar-refractivity contribution in [2.24, 2.45) is 0 Å². The third-order valence-corrected chi connectivity index (χ3v) is 6.65. The van der Waals surface area contributed by atoms with Crippen molar-refractivity contribution in [1.82, 2.24) is 4.90 Å². The number of carboxylic acid groups (broad SMARTS) is 1. The van der Waals surface area contributed by atoms with Crippen molar-refractivity contribution in [2.75, 3.05) is 19.7 Å². The molecule has 1 amide bonds. The molecule has 5 nitrogen and oxygen atoms in total. The SMILES string of the molecule is O=C(O)CN(CCc1ccc(-c2ccccc2)cc1)C(=O)OCC1c2ccccc2-c2ccccc21. The molecular weight excluding hydrogens is 450 g/mol. The number of aliphatic carboxylic acids is 1. The van der Waals surface area contributed by atoms with Crippen molar-refractivity contribution < 1.29 is 19.4 Å². The van der Waals surface area contributed by atoms with Crippen LogP contribution in [0.5, 0.6) is 0 Å². The Morgan fingerprint density at radius 3 is 1.89 bits per heavy atom. The average molecular weight is 478 g/mol. The van der Waals surface area contributed by atoms with Gasteiger partial charge in [0.2, 0.25) is 0 Å². The number of carboxylic acids is 1. The highest BCUT2D eigenvalue weighted by Gasteiger charge is 2.30. The van der Waals surface area contributed by atoms with Crippen molar-refractivity contribution >= 4 is 12.1 Å². The predicted octanol–water partition coefficient (Wildman–Crippen LogP) is 6.23. The van der Waals surface area contributed by atoms with Crippen LogP contribution < -0.4 is 0 Å². The van der Waals surface area contributed by atoms with E-state index in [1.165, 1.54) is 4.90 Å². The first-order valence-electron chi connectivity index (χ1n) is 12.1. The summed E-state index contributed by atoms with van der Waals surface area (Å²) in [5.41, 5.74) is 7.81. The van der Waals surface area contributed by atoms with Gasteiger partial charge in [0.25, 0.3) is 0 Å². The highest BCUT2D eigenvalue weighted by Crippen LogP contribution is 2.44. The number of hydrogen-bond donors (Lipinski definition) is 1. The second kappa shape index (κ2) is 10.5. The summed E-state index contributed by atoms with van der Waals surface area (Å²) in [6.45, 7) is 0.0151. The Morgan fingerprint density at radius 1 is 0.722 bits per heavy atom. The molecule has 0 atom stereocenters. The van der Waals surface area contributed by atoms with Crippen LogP contribution in [0.15, 0.2) is 103 Å². The highest BCUT2D eigenvalue weighted by molar-refractivity contribution is 5.79. The summed E-state index contributed by atoms with van der Waals surface area (Å²) < 4.78 is 5.69. The number of amides is 1. The van der Waals surface area contributed by atoms with E-state index in [-0.39, 0.29) is 19.1 Å². The first kappa shape index (κ1) is 23.4. The van der Waals surface area contributed by atoms with Crippen molar-refractivity contribution in [2.45, 2.75) is 12.3 Å². The molecule has 4 aromatic rings. The molecule has 0 saturated carbocycles. The normalized spacial score (nSPS) is 12.0. The first-order chi connectivity index (χ1) is 17.6. The second-order valence-corrected chi connectivity index (χ2v) is 8.93. The molecule has 0 aromatic heterocycles. The van der Waals surface area contributed by atoms with Gasteiger partial charge < -0.3 is 9.84 Å². The average Bonchev–Trinajstić information content (AvgIpc) is 3.24. The monoisotopic (exact) mass is 477 g/mol. The molecule has 5 heteroatoms. The number of ether oxygens (including phenoxy) is 1. The number of carbonyl (C=O) groups is 2. The fourth-order valence-corrected chi connectivity index (χ4v) is 4.84. The standard InChI is InChI=1S/C31H27NO4/c33-30(34)20-32(19-18-22-14-16-24(17-15-22)23-8-2-1-3-9-23)31(35)36-21-29-27-12-6-4-10-25(27)26-11-5-7-13-28(26)29/h1-17,29H,18-21H2,(H,33,34). The zero-order chi connectivity index (χ0) is 24.9. The van der Waals surface area contributed by atoms with Crippen molar-refractivity contribution in [3.63, 3.8) is 0 Å². The summed E-state index contributed by atoms with van der Waals surface area (Å²) in [7, 11) is 0. The molecule has 0 unspecified atom stereocenters. The number of hydrogen-bond acceptors (Lipinski definition) is 3. The van der Waals surface area contributed by atoms with Crippen LogP contribution in [0.3, 0.4) is 0 Å². The lowest BCUT2D eigenvalue weighted by atomic mass is 9.98. The van der Waals surface area contributed by atoms with Crippen molar-refractivity contribution in [3.8, 4) is 22.3 Å². The Kier molecular flexibility index (Phi) is 6.80. The Bertz CT molecular complexity index is 1320. The van der Waals surface area contributed by atoms with Crippen LogP contribution >= 0.6 is 0 Å². The van der Waals surface area contributed by atoms with E-state index < -0.39 is 18.6 Å². The Hall–Kier alpha value is -4.38. The zero-order valence-corrected chi connectivity index (χ0v) is 19.8. The molecular formula is C31H27NO4. The van der Waals surface area contributed by atoms with Crippen LogP contribution in [0.4, 0.5) is 4.79 Å². The van der Waals surface area contributed by atoms with E-state index in [0.717, 1.165) is 38.9 Å². The van der Waals surface area contributed by atoms with Gasteiger partial charge in [-0.2, -0.15) is 0 Å². The van der Waals surface area contributed by atoms with Gasteiger partial charge in [0.1, 0.15) is 13.2 Å². The molecule has 0 bridgehead atoms. The van der Waals surface area contributed by atoms with Crippen LogP contribution in [0.25, 0.3) is 22.3 Å². The van der Waals surface area contributed by atoms with Gasteiger partial charge in [-0.15, -0.1) is 0 Å². The highest BCUT2D eigenvalue weighted by atomic mass is 16.6. The lowest BCUT2D eigenvalue weighted by molar-refractivity contribution is -0.138. The molecule has 1 aliphatic carbocycles.